The lowest BCUT2D eigenvalue weighted by atomic mass is 10.1. The highest BCUT2D eigenvalue weighted by atomic mass is 32.2. The monoisotopic (exact) mass is 385 g/mol. The standard InChI is InChI=1S/C20H20FN3O2S/c1-3-18(16-10-7-11-23-13-16)27(25,26)24-14-17(12-22-2)19(21)20(24)15-8-5-4-6-9-15/h3-11,13-14,18,22H,1,12H2,2H3. The third kappa shape index (κ3) is 3.56. The molecule has 0 bridgehead atoms. The molecular weight excluding hydrogens is 365 g/mol. The van der Waals surface area contributed by atoms with Crippen LogP contribution < -0.4 is 5.32 Å². The molecule has 1 aromatic carbocycles. The molecule has 3 rings (SSSR count). The number of rotatable bonds is 7. The Kier molecular flexibility index (Phi) is 5.53. The van der Waals surface area contributed by atoms with E-state index in [1.165, 1.54) is 18.5 Å². The van der Waals surface area contributed by atoms with Crippen LogP contribution in [0.15, 0.2) is 73.7 Å². The van der Waals surface area contributed by atoms with Crippen molar-refractivity contribution >= 4 is 10.0 Å². The van der Waals surface area contributed by atoms with Crippen LogP contribution in [-0.2, 0) is 16.6 Å². The molecule has 140 valence electrons. The third-order valence-corrected chi connectivity index (χ3v) is 6.16. The van der Waals surface area contributed by atoms with Gasteiger partial charge in [-0.3, -0.25) is 4.98 Å². The van der Waals surface area contributed by atoms with E-state index in [0.717, 1.165) is 3.97 Å². The Morgan fingerprint density at radius 3 is 2.59 bits per heavy atom. The highest BCUT2D eigenvalue weighted by Crippen LogP contribution is 2.33. The predicted molar refractivity (Wildman–Crippen MR) is 104 cm³/mol. The number of aromatic nitrogens is 2. The molecule has 0 spiro atoms. The van der Waals surface area contributed by atoms with Crippen LogP contribution in [-0.4, -0.2) is 24.4 Å². The van der Waals surface area contributed by atoms with Gasteiger partial charge in [0.1, 0.15) is 5.25 Å². The molecule has 2 heterocycles. The maximum absolute atomic E-state index is 15.1. The summed E-state index contributed by atoms with van der Waals surface area (Å²) in [6.45, 7) is 3.88. The van der Waals surface area contributed by atoms with Crippen LogP contribution >= 0.6 is 0 Å². The first-order valence-corrected chi connectivity index (χ1v) is 9.87. The summed E-state index contributed by atoms with van der Waals surface area (Å²) in [6, 6.07) is 11.9. The molecule has 0 aliphatic rings. The number of hydrogen-bond donors (Lipinski definition) is 1. The zero-order chi connectivity index (χ0) is 19.4. The summed E-state index contributed by atoms with van der Waals surface area (Å²) in [7, 11) is -2.34. The van der Waals surface area contributed by atoms with Crippen LogP contribution in [0, 0.1) is 5.82 Å². The Labute approximate surface area is 158 Å². The smallest absolute Gasteiger partial charge is 0.249 e. The van der Waals surface area contributed by atoms with Gasteiger partial charge in [0.25, 0.3) is 0 Å². The molecule has 1 unspecified atom stereocenters. The Morgan fingerprint density at radius 2 is 2.00 bits per heavy atom. The molecule has 2 aromatic heterocycles. The van der Waals surface area contributed by atoms with Crippen molar-refractivity contribution in [3.05, 3.63) is 90.7 Å². The maximum Gasteiger partial charge on any atom is 0.249 e. The molecule has 1 N–H and O–H groups in total. The minimum Gasteiger partial charge on any atom is -0.316 e. The van der Waals surface area contributed by atoms with Crippen molar-refractivity contribution in [2.45, 2.75) is 11.8 Å². The molecule has 27 heavy (non-hydrogen) atoms. The molecule has 5 nitrogen and oxygen atoms in total. The Bertz CT molecular complexity index is 1030. The topological polar surface area (TPSA) is 64.0 Å². The summed E-state index contributed by atoms with van der Waals surface area (Å²) >= 11 is 0. The van der Waals surface area contributed by atoms with Gasteiger partial charge in [0.05, 0.1) is 5.69 Å². The van der Waals surface area contributed by atoms with E-state index in [4.69, 9.17) is 0 Å². The molecule has 1 atom stereocenters. The van der Waals surface area contributed by atoms with E-state index in [-0.39, 0.29) is 17.8 Å². The summed E-state index contributed by atoms with van der Waals surface area (Å²) < 4.78 is 42.9. The van der Waals surface area contributed by atoms with E-state index < -0.39 is 21.1 Å². The first-order chi connectivity index (χ1) is 13.0. The second-order valence-corrected chi connectivity index (χ2v) is 7.93. The van der Waals surface area contributed by atoms with Gasteiger partial charge in [0.2, 0.25) is 10.0 Å². The van der Waals surface area contributed by atoms with E-state index in [1.807, 2.05) is 0 Å². The normalized spacial score (nSPS) is 12.7. The lowest BCUT2D eigenvalue weighted by molar-refractivity contribution is 0.579. The molecule has 0 radical (unpaired) electrons. The van der Waals surface area contributed by atoms with Crippen LogP contribution in [0.5, 0.6) is 0 Å². The van der Waals surface area contributed by atoms with Gasteiger partial charge in [-0.2, -0.15) is 0 Å². The number of benzene rings is 1. The average molecular weight is 385 g/mol. The molecule has 0 aliphatic heterocycles. The number of nitrogens with zero attached hydrogens (tertiary/aromatic N) is 2. The van der Waals surface area contributed by atoms with E-state index in [9.17, 15) is 8.42 Å². The third-order valence-electron chi connectivity index (χ3n) is 4.22. The lowest BCUT2D eigenvalue weighted by Gasteiger charge is -2.17. The zero-order valence-corrected chi connectivity index (χ0v) is 15.7. The van der Waals surface area contributed by atoms with Gasteiger partial charge in [-0.15, -0.1) is 6.58 Å². The number of hydrogen-bond acceptors (Lipinski definition) is 4. The van der Waals surface area contributed by atoms with Crippen molar-refractivity contribution in [2.75, 3.05) is 7.05 Å². The lowest BCUT2D eigenvalue weighted by Crippen LogP contribution is -2.20. The van der Waals surface area contributed by atoms with Crippen LogP contribution in [0.25, 0.3) is 11.3 Å². The SMILES string of the molecule is C=CC(c1cccnc1)S(=O)(=O)n1cc(CNC)c(F)c1-c1ccccc1. The summed E-state index contributed by atoms with van der Waals surface area (Å²) in [6.07, 6.45) is 5.69. The van der Waals surface area contributed by atoms with Gasteiger partial charge in [-0.25, -0.2) is 16.8 Å². The summed E-state index contributed by atoms with van der Waals surface area (Å²) in [5, 5.41) is 1.81. The maximum atomic E-state index is 15.1. The second-order valence-electron chi connectivity index (χ2n) is 6.00. The minimum absolute atomic E-state index is 0.0107. The first-order valence-electron chi connectivity index (χ1n) is 8.37. The Balaban J connectivity index is 2.23. The summed E-state index contributed by atoms with van der Waals surface area (Å²) in [5.74, 6) is -0.562. The van der Waals surface area contributed by atoms with E-state index >= 15 is 4.39 Å². The van der Waals surface area contributed by atoms with Gasteiger partial charge in [0.15, 0.2) is 5.82 Å². The molecule has 0 amide bonds. The molecule has 0 saturated heterocycles. The number of nitrogens with one attached hydrogen (secondary N) is 1. The van der Waals surface area contributed by atoms with Crippen molar-refractivity contribution in [1.29, 1.82) is 0 Å². The highest BCUT2D eigenvalue weighted by molar-refractivity contribution is 7.90. The van der Waals surface area contributed by atoms with Crippen LogP contribution in [0.1, 0.15) is 16.4 Å². The van der Waals surface area contributed by atoms with Crippen LogP contribution in [0.4, 0.5) is 4.39 Å². The molecule has 0 saturated carbocycles. The van der Waals surface area contributed by atoms with Crippen molar-refractivity contribution in [3.8, 4) is 11.3 Å². The molecule has 0 aliphatic carbocycles. The van der Waals surface area contributed by atoms with Crippen molar-refractivity contribution in [1.82, 2.24) is 14.3 Å². The molecular formula is C20H20FN3O2S. The minimum atomic E-state index is -4.01. The molecule has 3 aromatic rings. The van der Waals surface area contributed by atoms with Crippen molar-refractivity contribution in [3.63, 3.8) is 0 Å². The predicted octanol–water partition coefficient (Wildman–Crippen LogP) is 3.51. The summed E-state index contributed by atoms with van der Waals surface area (Å²) in [5.41, 5.74) is 1.23. The fourth-order valence-corrected chi connectivity index (χ4v) is 4.66. The first kappa shape index (κ1) is 19.0. The largest absolute Gasteiger partial charge is 0.316 e. The number of pyridine rings is 1. The quantitative estimate of drug-likeness (QED) is 0.632. The fraction of sp³-hybridized carbons (Fsp3) is 0.150. The van der Waals surface area contributed by atoms with Gasteiger partial charge >= 0.3 is 0 Å². The number of halogens is 1. The summed E-state index contributed by atoms with van der Waals surface area (Å²) in [4.78, 5) is 3.99. The van der Waals surface area contributed by atoms with Crippen molar-refractivity contribution in [2.24, 2.45) is 0 Å². The second kappa shape index (κ2) is 7.85. The van der Waals surface area contributed by atoms with Gasteiger partial charge in [0, 0.05) is 36.3 Å². The van der Waals surface area contributed by atoms with E-state index in [0.29, 0.717) is 11.1 Å². The molecule has 0 fully saturated rings. The Morgan fingerprint density at radius 1 is 1.26 bits per heavy atom. The van der Waals surface area contributed by atoms with Gasteiger partial charge < -0.3 is 5.32 Å². The highest BCUT2D eigenvalue weighted by Gasteiger charge is 2.31. The van der Waals surface area contributed by atoms with Crippen molar-refractivity contribution < 1.29 is 12.8 Å². The zero-order valence-electron chi connectivity index (χ0n) is 14.8. The average Bonchev–Trinajstić information content (AvgIpc) is 3.01. The van der Waals surface area contributed by atoms with Crippen LogP contribution in [0.2, 0.25) is 0 Å². The Hall–Kier alpha value is -2.77. The fourth-order valence-electron chi connectivity index (χ4n) is 2.97. The van der Waals surface area contributed by atoms with E-state index in [2.05, 4.69) is 16.9 Å². The molecule has 7 heteroatoms. The van der Waals surface area contributed by atoms with E-state index in [1.54, 1.807) is 55.7 Å². The van der Waals surface area contributed by atoms with Gasteiger partial charge in [-0.1, -0.05) is 42.5 Å². The van der Waals surface area contributed by atoms with Gasteiger partial charge in [-0.05, 0) is 18.7 Å². The van der Waals surface area contributed by atoms with Crippen LogP contribution in [0.3, 0.4) is 0 Å².